The van der Waals surface area contributed by atoms with Crippen molar-refractivity contribution in [1.82, 2.24) is 9.62 Å². The van der Waals surface area contributed by atoms with Crippen molar-refractivity contribution >= 4 is 21.6 Å². The number of anilines is 1. The maximum Gasteiger partial charge on any atom is 0.243 e. The fraction of sp³-hybridized carbons (Fsp3) is 0.462. The summed E-state index contributed by atoms with van der Waals surface area (Å²) < 4.78 is 39.7. The summed E-state index contributed by atoms with van der Waals surface area (Å²) in [5.41, 5.74) is 5.26. The van der Waals surface area contributed by atoms with Crippen molar-refractivity contribution in [1.29, 1.82) is 0 Å². The topological polar surface area (TPSA) is 92.5 Å². The van der Waals surface area contributed by atoms with Gasteiger partial charge in [-0.3, -0.25) is 4.79 Å². The highest BCUT2D eigenvalue weighted by atomic mass is 32.2. The van der Waals surface area contributed by atoms with Gasteiger partial charge in [-0.1, -0.05) is 0 Å². The maximum absolute atomic E-state index is 13.5. The number of nitrogens with zero attached hydrogens (tertiary/aromatic N) is 1. The molecule has 21 heavy (non-hydrogen) atoms. The third-order valence-corrected chi connectivity index (χ3v) is 5.26. The van der Waals surface area contributed by atoms with Crippen molar-refractivity contribution in [3.05, 3.63) is 24.0 Å². The quantitative estimate of drug-likeness (QED) is 0.803. The number of hydrogen-bond acceptors (Lipinski definition) is 4. The summed E-state index contributed by atoms with van der Waals surface area (Å²) in [6.45, 7) is 1.93. The number of amides is 1. The van der Waals surface area contributed by atoms with E-state index in [0.717, 1.165) is 12.5 Å². The van der Waals surface area contributed by atoms with E-state index in [0.29, 0.717) is 13.0 Å². The fourth-order valence-corrected chi connectivity index (χ4v) is 3.92. The zero-order chi connectivity index (χ0) is 15.6. The van der Waals surface area contributed by atoms with Crippen LogP contribution in [0.5, 0.6) is 0 Å². The van der Waals surface area contributed by atoms with Gasteiger partial charge in [-0.15, -0.1) is 0 Å². The summed E-state index contributed by atoms with van der Waals surface area (Å²) in [7, 11) is -3.78. The highest BCUT2D eigenvalue weighted by Gasteiger charge is 2.30. The predicted octanol–water partition coefficient (Wildman–Crippen LogP) is 0.697. The van der Waals surface area contributed by atoms with E-state index in [2.05, 4.69) is 5.32 Å². The van der Waals surface area contributed by atoms with Gasteiger partial charge in [-0.25, -0.2) is 12.8 Å². The molecule has 1 amide bonds. The number of hydrogen-bond donors (Lipinski definition) is 2. The number of nitrogens with one attached hydrogen (secondary N) is 1. The van der Waals surface area contributed by atoms with Gasteiger partial charge in [0.25, 0.3) is 0 Å². The smallest absolute Gasteiger partial charge is 0.243 e. The number of halogens is 1. The average Bonchev–Trinajstić information content (AvgIpc) is 2.41. The lowest BCUT2D eigenvalue weighted by Crippen LogP contribution is -2.49. The number of piperidine rings is 1. The van der Waals surface area contributed by atoms with Crippen molar-refractivity contribution in [2.24, 2.45) is 0 Å². The predicted molar refractivity (Wildman–Crippen MR) is 76.4 cm³/mol. The van der Waals surface area contributed by atoms with E-state index in [-0.39, 0.29) is 29.1 Å². The molecule has 0 aromatic heterocycles. The van der Waals surface area contributed by atoms with E-state index >= 15 is 0 Å². The van der Waals surface area contributed by atoms with E-state index in [9.17, 15) is 17.6 Å². The van der Waals surface area contributed by atoms with Gasteiger partial charge in [-0.2, -0.15) is 4.31 Å². The van der Waals surface area contributed by atoms with E-state index in [1.807, 2.05) is 0 Å². The number of carbonyl (C=O) groups excluding carboxylic acids is 1. The van der Waals surface area contributed by atoms with Crippen molar-refractivity contribution in [2.75, 3.05) is 18.8 Å². The van der Waals surface area contributed by atoms with Crippen LogP contribution in [0, 0.1) is 5.82 Å². The Balaban J connectivity index is 2.22. The van der Waals surface area contributed by atoms with E-state index in [1.165, 1.54) is 23.4 Å². The normalized spacial score (nSPS) is 20.2. The third kappa shape index (κ3) is 3.51. The number of sulfonamides is 1. The molecule has 6 nitrogen and oxygen atoms in total. The molecule has 116 valence electrons. The highest BCUT2D eigenvalue weighted by Crippen LogP contribution is 2.23. The molecule has 1 atom stereocenters. The lowest BCUT2D eigenvalue weighted by molar-refractivity contribution is -0.119. The van der Waals surface area contributed by atoms with Crippen LogP contribution in [0.4, 0.5) is 10.1 Å². The van der Waals surface area contributed by atoms with Gasteiger partial charge in [0.2, 0.25) is 15.9 Å². The number of nitrogens with two attached hydrogens (primary N) is 1. The van der Waals surface area contributed by atoms with Crippen LogP contribution in [0.2, 0.25) is 0 Å². The largest absolute Gasteiger partial charge is 0.396 e. The molecule has 3 N–H and O–H groups in total. The molecular weight excluding hydrogens is 297 g/mol. The first-order valence-corrected chi connectivity index (χ1v) is 8.07. The van der Waals surface area contributed by atoms with Crippen LogP contribution in [-0.2, 0) is 14.8 Å². The minimum atomic E-state index is -3.78. The summed E-state index contributed by atoms with van der Waals surface area (Å²) in [5, 5.41) is 2.72. The summed E-state index contributed by atoms with van der Waals surface area (Å²) in [5.74, 6) is -0.954. The van der Waals surface area contributed by atoms with Gasteiger partial charge in [0, 0.05) is 26.1 Å². The number of carbonyl (C=O) groups is 1. The van der Waals surface area contributed by atoms with Crippen LogP contribution in [0.1, 0.15) is 19.8 Å². The second kappa shape index (κ2) is 5.98. The zero-order valence-electron chi connectivity index (χ0n) is 11.7. The molecule has 1 aliphatic heterocycles. The molecule has 0 spiro atoms. The van der Waals surface area contributed by atoms with Crippen LogP contribution in [0.25, 0.3) is 0 Å². The first-order valence-electron chi connectivity index (χ1n) is 6.63. The second-order valence-electron chi connectivity index (χ2n) is 5.09. The second-order valence-corrected chi connectivity index (χ2v) is 7.02. The third-order valence-electron chi connectivity index (χ3n) is 3.40. The maximum atomic E-state index is 13.5. The lowest BCUT2D eigenvalue weighted by Gasteiger charge is -2.32. The summed E-state index contributed by atoms with van der Waals surface area (Å²) >= 11 is 0. The Bertz CT molecular complexity index is 648. The molecule has 1 aliphatic rings. The van der Waals surface area contributed by atoms with Gasteiger partial charge in [0.1, 0.15) is 5.82 Å². The molecule has 1 aromatic carbocycles. The standard InChI is InChI=1S/C13H18FN3O3S/c1-9(18)16-10-3-2-6-17(8-10)21(19,20)11-4-5-13(15)12(14)7-11/h4-5,7,10H,2-3,6,8,15H2,1H3,(H,16,18). The molecule has 1 unspecified atom stereocenters. The van der Waals surface area contributed by atoms with Gasteiger partial charge in [-0.05, 0) is 31.0 Å². The van der Waals surface area contributed by atoms with Crippen molar-refractivity contribution < 1.29 is 17.6 Å². The minimum absolute atomic E-state index is 0.0938. The molecule has 0 aliphatic carbocycles. The van der Waals surface area contributed by atoms with Crippen molar-refractivity contribution in [3.8, 4) is 0 Å². The molecule has 0 saturated carbocycles. The molecule has 1 saturated heterocycles. The van der Waals surface area contributed by atoms with Crippen LogP contribution in [0.3, 0.4) is 0 Å². The Kier molecular flexibility index (Phi) is 4.48. The van der Waals surface area contributed by atoms with Crippen LogP contribution >= 0.6 is 0 Å². The molecule has 2 rings (SSSR count). The average molecular weight is 315 g/mol. The minimum Gasteiger partial charge on any atom is -0.396 e. The van der Waals surface area contributed by atoms with Gasteiger partial charge in [0.15, 0.2) is 0 Å². The summed E-state index contributed by atoms with van der Waals surface area (Å²) in [6, 6.07) is 3.23. The number of nitrogen functional groups attached to an aromatic ring is 1. The van der Waals surface area contributed by atoms with Crippen molar-refractivity contribution in [2.45, 2.75) is 30.7 Å². The van der Waals surface area contributed by atoms with Crippen LogP contribution < -0.4 is 11.1 Å². The molecule has 1 heterocycles. The summed E-state index contributed by atoms with van der Waals surface area (Å²) in [4.78, 5) is 11.0. The molecule has 0 bridgehead atoms. The van der Waals surface area contributed by atoms with E-state index < -0.39 is 15.8 Å². The Morgan fingerprint density at radius 3 is 2.81 bits per heavy atom. The number of rotatable bonds is 3. The van der Waals surface area contributed by atoms with E-state index in [4.69, 9.17) is 5.73 Å². The highest BCUT2D eigenvalue weighted by molar-refractivity contribution is 7.89. The Morgan fingerprint density at radius 2 is 2.19 bits per heavy atom. The van der Waals surface area contributed by atoms with E-state index in [1.54, 1.807) is 0 Å². The van der Waals surface area contributed by atoms with Gasteiger partial charge in [0.05, 0.1) is 10.6 Å². The fourth-order valence-electron chi connectivity index (χ4n) is 2.38. The molecule has 1 aromatic rings. The molecule has 0 radical (unpaired) electrons. The number of benzene rings is 1. The molecule has 8 heteroatoms. The monoisotopic (exact) mass is 315 g/mol. The molecule has 1 fully saturated rings. The van der Waals surface area contributed by atoms with Crippen LogP contribution in [0.15, 0.2) is 23.1 Å². The molecular formula is C13H18FN3O3S. The Labute approximate surface area is 123 Å². The lowest BCUT2D eigenvalue weighted by atomic mass is 10.1. The Hall–Kier alpha value is -1.67. The van der Waals surface area contributed by atoms with Crippen molar-refractivity contribution in [3.63, 3.8) is 0 Å². The van der Waals surface area contributed by atoms with Crippen LogP contribution in [-0.4, -0.2) is 37.8 Å². The first-order chi connectivity index (χ1) is 9.80. The van der Waals surface area contributed by atoms with Gasteiger partial charge >= 0.3 is 0 Å². The van der Waals surface area contributed by atoms with Gasteiger partial charge < -0.3 is 11.1 Å². The Morgan fingerprint density at radius 1 is 1.48 bits per heavy atom. The SMILES string of the molecule is CC(=O)NC1CCCN(S(=O)(=O)c2ccc(N)c(F)c2)C1. The zero-order valence-corrected chi connectivity index (χ0v) is 12.5. The first kappa shape index (κ1) is 15.7. The summed E-state index contributed by atoms with van der Waals surface area (Å²) in [6.07, 6.45) is 1.36.